The Hall–Kier alpha value is -6.80. The average molecular weight is 837 g/mol. The van der Waals surface area contributed by atoms with Gasteiger partial charge in [0.05, 0.1) is 19.4 Å². The topological polar surface area (TPSA) is 6.48 Å². The lowest BCUT2D eigenvalue weighted by Crippen LogP contribution is -2.56. The molecule has 0 fully saturated rings. The summed E-state index contributed by atoms with van der Waals surface area (Å²) in [6.45, 7) is 12.2. The van der Waals surface area contributed by atoms with E-state index in [1.165, 1.54) is 32.1 Å². The summed E-state index contributed by atoms with van der Waals surface area (Å²) in [6, 6.07) is 72.8. The van der Waals surface area contributed by atoms with Gasteiger partial charge >= 0.3 is 0 Å². The number of hydrogen-bond donors (Lipinski definition) is 0. The first-order chi connectivity index (χ1) is 30.1. The lowest BCUT2D eigenvalue weighted by atomic mass is 9.93. The van der Waals surface area contributed by atoms with Crippen molar-refractivity contribution < 1.29 is 4.39 Å². The number of hydrogen-bond acceptors (Lipinski definition) is 2. The largest absolute Gasteiger partial charge is 0.311 e. The Morgan fingerprint density at radius 3 is 1.60 bits per heavy atom. The zero-order chi connectivity index (χ0) is 42.6. The van der Waals surface area contributed by atoms with E-state index < -0.39 is 16.1 Å². The molecule has 5 heteroatoms. The first-order valence-electron chi connectivity index (χ1n) is 21.5. The lowest BCUT2D eigenvalue weighted by Gasteiger charge is -2.37. The molecule has 0 aromatic heterocycles. The molecule has 0 aliphatic carbocycles. The smallest absolute Gasteiger partial charge is 0.148 e. The van der Waals surface area contributed by atoms with Gasteiger partial charge in [-0.1, -0.05) is 177 Å². The Bertz CT molecular complexity index is 3070. The maximum atomic E-state index is 17.4. The Morgan fingerprint density at radius 2 is 0.968 bits per heavy atom. The molecule has 1 heterocycles. The molecule has 302 valence electrons. The maximum Gasteiger partial charge on any atom is 0.148 e. The van der Waals surface area contributed by atoms with Gasteiger partial charge in [-0.2, -0.15) is 0 Å². The molecule has 9 aromatic rings. The average Bonchev–Trinajstić information content (AvgIpc) is 3.30. The van der Waals surface area contributed by atoms with Crippen LogP contribution in [0.4, 0.5) is 38.5 Å². The molecular formula is C57H49FN2Si2. The molecule has 0 atom stereocenters. The van der Waals surface area contributed by atoms with Gasteiger partial charge in [0.2, 0.25) is 0 Å². The minimum Gasteiger partial charge on any atom is -0.311 e. The van der Waals surface area contributed by atoms with Crippen LogP contribution >= 0.6 is 0 Å². The third-order valence-electron chi connectivity index (χ3n) is 12.7. The summed E-state index contributed by atoms with van der Waals surface area (Å²) in [6.07, 6.45) is 0. The predicted molar refractivity (Wildman–Crippen MR) is 269 cm³/mol. The van der Waals surface area contributed by atoms with E-state index in [2.05, 4.69) is 176 Å². The van der Waals surface area contributed by atoms with Crippen molar-refractivity contribution in [3.8, 4) is 33.4 Å². The van der Waals surface area contributed by atoms with Crippen molar-refractivity contribution in [3.05, 3.63) is 212 Å². The van der Waals surface area contributed by atoms with E-state index >= 15 is 4.39 Å². The molecule has 0 N–H and O–H groups in total. The molecule has 1 aliphatic heterocycles. The molecule has 0 radical (unpaired) electrons. The van der Waals surface area contributed by atoms with E-state index in [1.807, 2.05) is 66.7 Å². The van der Waals surface area contributed by atoms with E-state index in [9.17, 15) is 0 Å². The van der Waals surface area contributed by atoms with Gasteiger partial charge in [0.15, 0.2) is 0 Å². The minimum atomic E-state index is -2.32. The van der Waals surface area contributed by atoms with Gasteiger partial charge in [0.1, 0.15) is 13.9 Å². The first-order valence-corrected chi connectivity index (χ1v) is 28.0. The molecule has 0 saturated carbocycles. The molecule has 1 aliphatic rings. The van der Waals surface area contributed by atoms with Crippen molar-refractivity contribution in [3.63, 3.8) is 0 Å². The Kier molecular flexibility index (Phi) is 9.89. The zero-order valence-corrected chi connectivity index (χ0v) is 37.9. The van der Waals surface area contributed by atoms with E-state index in [1.54, 1.807) is 6.07 Å². The molecule has 10 rings (SSSR count). The van der Waals surface area contributed by atoms with Crippen LogP contribution in [0.15, 0.2) is 206 Å². The Balaban J connectivity index is 1.17. The lowest BCUT2D eigenvalue weighted by molar-refractivity contribution is 0.630. The predicted octanol–water partition coefficient (Wildman–Crippen LogP) is 14.6. The second kappa shape index (κ2) is 15.6. The SMILES string of the molecule is C[Si](C)(C)c1ccc(N(c2ccccc2)c2ccc3c(c2)[Si](C)(C)c2cccc4c(N(c5ccccc5)c5c(F)cc(-c6ccccc6)cc5-c5ccccc5)ccc-3c24)cc1. The van der Waals surface area contributed by atoms with Crippen LogP contribution in [0.1, 0.15) is 0 Å². The summed E-state index contributed by atoms with van der Waals surface area (Å²) in [4.78, 5) is 4.55. The number of anilines is 6. The molecule has 0 unspecified atom stereocenters. The van der Waals surface area contributed by atoms with E-state index in [4.69, 9.17) is 0 Å². The number of fused-ring (bicyclic) bond motifs is 2. The monoisotopic (exact) mass is 836 g/mol. The van der Waals surface area contributed by atoms with Crippen LogP contribution in [-0.4, -0.2) is 16.1 Å². The standard InChI is InChI=1S/C57H49FN2Si2/c1-61(2,3)47-32-29-45(30-33-47)59(43-23-14-8-15-24-43)46-31-34-48-49-35-36-53(50-27-18-28-54(56(49)50)62(4,5)55(48)39-46)60(44-25-16-9-17-26-44)57-51(41-21-12-7-13-22-41)37-42(38-52(57)58)40-19-10-6-11-20-40/h6-39H,1-5H3. The van der Waals surface area contributed by atoms with Gasteiger partial charge < -0.3 is 9.80 Å². The summed E-state index contributed by atoms with van der Waals surface area (Å²) in [5.41, 5.74) is 11.9. The third-order valence-corrected chi connectivity index (χ3v) is 18.2. The second-order valence-corrected chi connectivity index (χ2v) is 27.3. The molecule has 62 heavy (non-hydrogen) atoms. The third kappa shape index (κ3) is 6.88. The summed E-state index contributed by atoms with van der Waals surface area (Å²) < 4.78 is 17.4. The summed E-state index contributed by atoms with van der Waals surface area (Å²) in [5.74, 6) is -0.278. The van der Waals surface area contributed by atoms with Crippen molar-refractivity contribution in [2.75, 3.05) is 9.80 Å². The fraction of sp³-hybridized carbons (Fsp3) is 0.0877. The molecule has 0 bridgehead atoms. The van der Waals surface area contributed by atoms with Crippen molar-refractivity contribution in [1.82, 2.24) is 0 Å². The number of rotatable bonds is 9. The van der Waals surface area contributed by atoms with Crippen molar-refractivity contribution in [2.45, 2.75) is 32.7 Å². The van der Waals surface area contributed by atoms with Crippen molar-refractivity contribution in [1.29, 1.82) is 0 Å². The van der Waals surface area contributed by atoms with Crippen molar-refractivity contribution in [2.24, 2.45) is 0 Å². The van der Waals surface area contributed by atoms with Crippen LogP contribution < -0.4 is 25.4 Å². The molecule has 9 aromatic carbocycles. The van der Waals surface area contributed by atoms with Crippen LogP contribution in [-0.2, 0) is 0 Å². The van der Waals surface area contributed by atoms with Gasteiger partial charge in [0, 0.05) is 33.7 Å². The number of halogens is 1. The Morgan fingerprint density at radius 1 is 0.419 bits per heavy atom. The minimum absolute atomic E-state index is 0.278. The maximum absolute atomic E-state index is 17.4. The first kappa shape index (κ1) is 39.3. The molecule has 2 nitrogen and oxygen atoms in total. The fourth-order valence-electron chi connectivity index (χ4n) is 9.46. The van der Waals surface area contributed by atoms with Gasteiger partial charge in [0.25, 0.3) is 0 Å². The summed E-state index contributed by atoms with van der Waals surface area (Å²) >= 11 is 0. The van der Waals surface area contributed by atoms with Gasteiger partial charge in [-0.3, -0.25) is 0 Å². The molecular weight excluding hydrogens is 788 g/mol. The highest BCUT2D eigenvalue weighted by Gasteiger charge is 2.37. The van der Waals surface area contributed by atoms with Gasteiger partial charge in [-0.05, 0) is 110 Å². The van der Waals surface area contributed by atoms with Crippen LogP contribution in [0.2, 0.25) is 32.7 Å². The Labute approximate surface area is 367 Å². The highest BCUT2D eigenvalue weighted by atomic mass is 28.3. The van der Waals surface area contributed by atoms with E-state index in [-0.39, 0.29) is 5.82 Å². The zero-order valence-electron chi connectivity index (χ0n) is 35.9. The van der Waals surface area contributed by atoms with Crippen LogP contribution in [0, 0.1) is 5.82 Å². The number of nitrogens with zero attached hydrogens (tertiary/aromatic N) is 2. The highest BCUT2D eigenvalue weighted by molar-refractivity contribution is 7.03. The number of benzene rings is 9. The van der Waals surface area contributed by atoms with Crippen LogP contribution in [0.3, 0.4) is 0 Å². The second-order valence-electron chi connectivity index (χ2n) is 17.9. The molecule has 0 spiro atoms. The number of para-hydroxylation sites is 2. The molecule has 0 saturated heterocycles. The van der Waals surface area contributed by atoms with E-state index in [0.717, 1.165) is 56.1 Å². The van der Waals surface area contributed by atoms with Gasteiger partial charge in [-0.15, -0.1) is 0 Å². The fourth-order valence-corrected chi connectivity index (χ4v) is 13.7. The van der Waals surface area contributed by atoms with Crippen LogP contribution in [0.5, 0.6) is 0 Å². The van der Waals surface area contributed by atoms with Crippen LogP contribution in [0.25, 0.3) is 44.2 Å². The quantitative estimate of drug-likeness (QED) is 0.134. The normalized spacial score (nSPS) is 12.8. The van der Waals surface area contributed by atoms with Gasteiger partial charge in [-0.25, -0.2) is 4.39 Å². The highest BCUT2D eigenvalue weighted by Crippen LogP contribution is 2.48. The molecule has 0 amide bonds. The summed E-state index contributed by atoms with van der Waals surface area (Å²) in [5, 5.41) is 6.62. The van der Waals surface area contributed by atoms with E-state index in [0.29, 0.717) is 5.69 Å². The summed E-state index contributed by atoms with van der Waals surface area (Å²) in [7, 11) is -3.79. The van der Waals surface area contributed by atoms with Crippen molar-refractivity contribution >= 4 is 76.6 Å².